The molecule has 5 rings (SSSR count). The molecule has 1 unspecified atom stereocenters. The first-order chi connectivity index (χ1) is 17.4. The van der Waals surface area contributed by atoms with Gasteiger partial charge in [0.25, 0.3) is 11.7 Å². The third-order valence-corrected chi connectivity index (χ3v) is 6.76. The molecular formula is C29H28N2O5. The summed E-state index contributed by atoms with van der Waals surface area (Å²) in [5.74, 6) is -0.152. The van der Waals surface area contributed by atoms with Crippen LogP contribution >= 0.6 is 0 Å². The number of hydrogen-bond donors (Lipinski definition) is 1. The van der Waals surface area contributed by atoms with E-state index in [4.69, 9.17) is 9.47 Å². The number of fused-ring (bicyclic) bond motifs is 1. The lowest BCUT2D eigenvalue weighted by molar-refractivity contribution is -0.140. The number of rotatable bonds is 6. The molecule has 36 heavy (non-hydrogen) atoms. The van der Waals surface area contributed by atoms with Gasteiger partial charge in [-0.1, -0.05) is 30.3 Å². The Morgan fingerprint density at radius 2 is 1.83 bits per heavy atom. The molecular weight excluding hydrogens is 456 g/mol. The molecule has 0 bridgehead atoms. The Hall–Kier alpha value is -4.26. The van der Waals surface area contributed by atoms with Crippen molar-refractivity contribution in [3.05, 3.63) is 94.6 Å². The fourth-order valence-electron chi connectivity index (χ4n) is 4.85. The van der Waals surface area contributed by atoms with Crippen LogP contribution < -0.4 is 14.4 Å². The number of carbonyl (C=O) groups is 2. The van der Waals surface area contributed by atoms with Crippen LogP contribution in [0.5, 0.6) is 11.5 Å². The minimum Gasteiger partial charge on any atom is -0.507 e. The number of nitrogens with zero attached hydrogens (tertiary/aromatic N) is 2. The summed E-state index contributed by atoms with van der Waals surface area (Å²) >= 11 is 0. The average Bonchev–Trinajstić information content (AvgIpc) is 3.46. The maximum atomic E-state index is 13.4. The van der Waals surface area contributed by atoms with Crippen LogP contribution in [0.25, 0.3) is 5.76 Å². The number of carbonyl (C=O) groups excluding carboxylic acids is 2. The normalized spacial score (nSPS) is 18.2. The molecule has 1 amide bonds. The Morgan fingerprint density at radius 3 is 2.56 bits per heavy atom. The van der Waals surface area contributed by atoms with E-state index in [-0.39, 0.29) is 17.9 Å². The van der Waals surface area contributed by atoms with Gasteiger partial charge in [-0.3, -0.25) is 9.59 Å². The van der Waals surface area contributed by atoms with Crippen molar-refractivity contribution >= 4 is 23.1 Å². The molecule has 2 heterocycles. The number of aliphatic hydroxyl groups is 1. The van der Waals surface area contributed by atoms with Crippen LogP contribution in [0.2, 0.25) is 0 Å². The van der Waals surface area contributed by atoms with Gasteiger partial charge in [0.1, 0.15) is 17.3 Å². The lowest BCUT2D eigenvalue weighted by atomic mass is 9.94. The fourth-order valence-corrected chi connectivity index (χ4v) is 4.85. The molecule has 7 heteroatoms. The largest absolute Gasteiger partial charge is 0.507 e. The number of anilines is 1. The van der Waals surface area contributed by atoms with Gasteiger partial charge in [-0.2, -0.15) is 0 Å². The molecule has 2 aliphatic rings. The van der Waals surface area contributed by atoms with E-state index in [1.807, 2.05) is 73.6 Å². The second-order valence-corrected chi connectivity index (χ2v) is 9.15. The quantitative estimate of drug-likeness (QED) is 0.319. The Bertz CT molecular complexity index is 1360. The summed E-state index contributed by atoms with van der Waals surface area (Å²) in [6.07, 6.45) is 0.730. The van der Waals surface area contributed by atoms with E-state index >= 15 is 0 Å². The summed E-state index contributed by atoms with van der Waals surface area (Å²) in [6.45, 7) is 0.741. The second kappa shape index (κ2) is 9.41. The van der Waals surface area contributed by atoms with Crippen molar-refractivity contribution in [3.8, 4) is 11.5 Å². The summed E-state index contributed by atoms with van der Waals surface area (Å²) in [7, 11) is 5.46. The molecule has 1 saturated heterocycles. The molecule has 0 spiro atoms. The molecule has 1 fully saturated rings. The van der Waals surface area contributed by atoms with Crippen LogP contribution in [0.4, 0.5) is 5.69 Å². The molecule has 0 saturated carbocycles. The first kappa shape index (κ1) is 23.5. The summed E-state index contributed by atoms with van der Waals surface area (Å²) in [4.78, 5) is 30.2. The number of likely N-dealkylation sites (tertiary alicyclic amines) is 1. The van der Waals surface area contributed by atoms with Crippen LogP contribution in [-0.2, 0) is 22.6 Å². The SMILES string of the molecule is COc1ccccc1CN1C(=O)C(=O)/C(=C(\O)c2ccc3c(c2)CCO3)C1c1ccc(N(C)C)cc1. The van der Waals surface area contributed by atoms with E-state index in [2.05, 4.69) is 0 Å². The number of aliphatic hydroxyl groups excluding tert-OH is 1. The van der Waals surface area contributed by atoms with Gasteiger partial charge in [-0.15, -0.1) is 0 Å². The van der Waals surface area contributed by atoms with Crippen molar-refractivity contribution in [1.29, 1.82) is 0 Å². The van der Waals surface area contributed by atoms with Crippen LogP contribution in [0.1, 0.15) is 28.3 Å². The van der Waals surface area contributed by atoms with Gasteiger partial charge in [-0.05, 0) is 47.5 Å². The molecule has 3 aromatic carbocycles. The smallest absolute Gasteiger partial charge is 0.295 e. The first-order valence-corrected chi connectivity index (χ1v) is 11.8. The van der Waals surface area contributed by atoms with Gasteiger partial charge >= 0.3 is 0 Å². The molecule has 7 nitrogen and oxygen atoms in total. The molecule has 184 valence electrons. The topological polar surface area (TPSA) is 79.3 Å². The lowest BCUT2D eigenvalue weighted by Gasteiger charge is -2.26. The van der Waals surface area contributed by atoms with Crippen LogP contribution in [-0.4, -0.2) is 49.5 Å². The van der Waals surface area contributed by atoms with E-state index in [0.29, 0.717) is 17.9 Å². The van der Waals surface area contributed by atoms with Gasteiger partial charge in [0.15, 0.2) is 0 Å². The van der Waals surface area contributed by atoms with Crippen molar-refractivity contribution < 1.29 is 24.2 Å². The van der Waals surface area contributed by atoms with Crippen molar-refractivity contribution in [1.82, 2.24) is 4.90 Å². The Balaban J connectivity index is 1.64. The molecule has 0 radical (unpaired) electrons. The predicted octanol–water partition coefficient (Wildman–Crippen LogP) is 4.32. The molecule has 3 aromatic rings. The predicted molar refractivity (Wildman–Crippen MR) is 137 cm³/mol. The van der Waals surface area contributed by atoms with Gasteiger partial charge in [0.2, 0.25) is 0 Å². The Morgan fingerprint density at radius 1 is 1.08 bits per heavy atom. The van der Waals surface area contributed by atoms with E-state index in [1.165, 1.54) is 4.90 Å². The highest BCUT2D eigenvalue weighted by Crippen LogP contribution is 2.42. The minimum atomic E-state index is -0.754. The monoisotopic (exact) mass is 484 g/mol. The van der Waals surface area contributed by atoms with E-state index in [9.17, 15) is 14.7 Å². The van der Waals surface area contributed by atoms with E-state index < -0.39 is 17.7 Å². The minimum absolute atomic E-state index is 0.0753. The average molecular weight is 485 g/mol. The first-order valence-electron chi connectivity index (χ1n) is 11.8. The lowest BCUT2D eigenvalue weighted by Crippen LogP contribution is -2.29. The zero-order chi connectivity index (χ0) is 25.4. The maximum absolute atomic E-state index is 13.4. The van der Waals surface area contributed by atoms with Crippen molar-refractivity contribution in [3.63, 3.8) is 0 Å². The molecule has 0 aromatic heterocycles. The number of benzene rings is 3. The number of ketones is 1. The van der Waals surface area contributed by atoms with Crippen LogP contribution in [0, 0.1) is 0 Å². The van der Waals surface area contributed by atoms with Crippen LogP contribution in [0.3, 0.4) is 0 Å². The molecule has 0 aliphatic carbocycles. The number of amides is 1. The molecule has 1 N–H and O–H groups in total. The van der Waals surface area contributed by atoms with Crippen molar-refractivity contribution in [2.75, 3.05) is 32.7 Å². The standard InChI is InChI=1S/C29H28N2O5/c1-30(2)22-11-8-18(9-12-22)26-25(27(32)20-10-13-24-19(16-20)14-15-36-24)28(33)29(34)31(26)17-21-6-4-5-7-23(21)35-3/h4-13,16,26,32H,14-15,17H2,1-3H3/b27-25-. The summed E-state index contributed by atoms with van der Waals surface area (Å²) in [6, 6.07) is 19.7. The highest BCUT2D eigenvalue weighted by atomic mass is 16.5. The number of para-hydroxylation sites is 1. The Labute approximate surface area is 210 Å². The molecule has 1 atom stereocenters. The van der Waals surface area contributed by atoms with E-state index in [1.54, 1.807) is 19.2 Å². The number of Topliss-reactive ketones (excluding diaryl/α,β-unsaturated/α-hetero) is 1. The third-order valence-electron chi connectivity index (χ3n) is 6.76. The molecule has 2 aliphatic heterocycles. The number of hydrogen-bond acceptors (Lipinski definition) is 6. The van der Waals surface area contributed by atoms with Gasteiger partial charge in [-0.25, -0.2) is 0 Å². The Kier molecular flexibility index (Phi) is 6.14. The highest BCUT2D eigenvalue weighted by molar-refractivity contribution is 6.46. The van der Waals surface area contributed by atoms with Gasteiger partial charge < -0.3 is 24.4 Å². The third kappa shape index (κ3) is 4.06. The highest BCUT2D eigenvalue weighted by Gasteiger charge is 2.46. The summed E-state index contributed by atoms with van der Waals surface area (Å²) in [5, 5.41) is 11.4. The summed E-state index contributed by atoms with van der Waals surface area (Å²) in [5.41, 5.74) is 4.02. The zero-order valence-corrected chi connectivity index (χ0v) is 20.5. The van der Waals surface area contributed by atoms with Gasteiger partial charge in [0, 0.05) is 37.3 Å². The summed E-state index contributed by atoms with van der Waals surface area (Å²) < 4.78 is 11.1. The number of ether oxygens (including phenoxy) is 2. The zero-order valence-electron chi connectivity index (χ0n) is 20.5. The fraction of sp³-hybridized carbons (Fsp3) is 0.241. The van der Waals surface area contributed by atoms with Crippen molar-refractivity contribution in [2.24, 2.45) is 0 Å². The van der Waals surface area contributed by atoms with E-state index in [0.717, 1.165) is 34.5 Å². The second-order valence-electron chi connectivity index (χ2n) is 9.15. The van der Waals surface area contributed by atoms with Crippen LogP contribution in [0.15, 0.2) is 72.3 Å². The van der Waals surface area contributed by atoms with Gasteiger partial charge in [0.05, 0.1) is 31.9 Å². The van der Waals surface area contributed by atoms with Crippen molar-refractivity contribution in [2.45, 2.75) is 19.0 Å². The maximum Gasteiger partial charge on any atom is 0.295 e. The number of methoxy groups -OCH3 is 1.